The lowest BCUT2D eigenvalue weighted by atomic mass is 9.79. The summed E-state index contributed by atoms with van der Waals surface area (Å²) in [5, 5.41) is 0. The van der Waals surface area contributed by atoms with Crippen LogP contribution in [0.2, 0.25) is 0 Å². The van der Waals surface area contributed by atoms with E-state index in [4.69, 9.17) is 0 Å². The van der Waals surface area contributed by atoms with Gasteiger partial charge in [-0.15, -0.1) is 11.8 Å². The zero-order valence-electron chi connectivity index (χ0n) is 8.25. The number of fused-ring (bicyclic) bond motifs is 1. The standard InChI is InChI=1S/C12H11BrOS/c13-8-2-3-9-10(14)7-12(4-1-5-12)15-11(9)6-8/h2-3,6H,1,4-5,7H2. The Morgan fingerprint density at radius 3 is 2.80 bits per heavy atom. The summed E-state index contributed by atoms with van der Waals surface area (Å²) in [6, 6.07) is 5.98. The molecule has 78 valence electrons. The van der Waals surface area contributed by atoms with Crippen LogP contribution in [-0.4, -0.2) is 10.5 Å². The first-order valence-corrected chi connectivity index (χ1v) is 6.81. The summed E-state index contributed by atoms with van der Waals surface area (Å²) < 4.78 is 1.32. The lowest BCUT2D eigenvalue weighted by Crippen LogP contribution is -2.38. The van der Waals surface area contributed by atoms with E-state index >= 15 is 0 Å². The number of halogens is 1. The SMILES string of the molecule is O=C1CC2(CCC2)Sc2cc(Br)ccc21. The molecule has 1 spiro atoms. The molecule has 3 heteroatoms. The number of hydrogen-bond donors (Lipinski definition) is 0. The minimum absolute atomic E-state index is 0.255. The summed E-state index contributed by atoms with van der Waals surface area (Å²) in [6.07, 6.45) is 4.43. The lowest BCUT2D eigenvalue weighted by molar-refractivity contribution is 0.0943. The summed E-state index contributed by atoms with van der Waals surface area (Å²) in [4.78, 5) is 13.1. The summed E-state index contributed by atoms with van der Waals surface area (Å²) in [5.74, 6) is 0.330. The molecule has 1 saturated carbocycles. The Bertz CT molecular complexity index is 437. The molecule has 1 fully saturated rings. The second kappa shape index (κ2) is 3.36. The van der Waals surface area contributed by atoms with Crippen molar-refractivity contribution < 1.29 is 4.79 Å². The number of thioether (sulfide) groups is 1. The molecule has 1 aromatic carbocycles. The fraction of sp³-hybridized carbons (Fsp3) is 0.417. The zero-order chi connectivity index (χ0) is 10.5. The molecule has 1 aliphatic carbocycles. The van der Waals surface area contributed by atoms with Gasteiger partial charge in [-0.1, -0.05) is 22.4 Å². The highest BCUT2D eigenvalue weighted by Gasteiger charge is 2.43. The van der Waals surface area contributed by atoms with Gasteiger partial charge in [-0.05, 0) is 31.0 Å². The highest BCUT2D eigenvalue weighted by Crippen LogP contribution is 2.54. The first-order chi connectivity index (χ1) is 7.19. The van der Waals surface area contributed by atoms with E-state index in [0.717, 1.165) is 16.5 Å². The third kappa shape index (κ3) is 1.56. The van der Waals surface area contributed by atoms with E-state index in [-0.39, 0.29) is 4.75 Å². The van der Waals surface area contributed by atoms with Crippen LogP contribution in [0.4, 0.5) is 0 Å². The Balaban J connectivity index is 2.05. The van der Waals surface area contributed by atoms with Crippen LogP contribution in [0.3, 0.4) is 0 Å². The second-order valence-corrected chi connectivity index (χ2v) is 6.80. The quantitative estimate of drug-likeness (QED) is 0.714. The number of carbonyl (C=O) groups excluding carboxylic acids is 1. The third-order valence-corrected chi connectivity index (χ3v) is 5.35. The Morgan fingerprint density at radius 2 is 2.13 bits per heavy atom. The average Bonchev–Trinajstić information content (AvgIpc) is 2.14. The first kappa shape index (κ1) is 9.91. The van der Waals surface area contributed by atoms with Crippen molar-refractivity contribution in [3.05, 3.63) is 28.2 Å². The van der Waals surface area contributed by atoms with E-state index in [1.165, 1.54) is 24.2 Å². The number of hydrogen-bond acceptors (Lipinski definition) is 2. The van der Waals surface area contributed by atoms with E-state index in [9.17, 15) is 4.79 Å². The molecule has 0 atom stereocenters. The van der Waals surface area contributed by atoms with Crippen LogP contribution in [0.15, 0.2) is 27.6 Å². The predicted molar refractivity (Wildman–Crippen MR) is 65.5 cm³/mol. The van der Waals surface area contributed by atoms with Gasteiger partial charge in [-0.25, -0.2) is 0 Å². The molecule has 15 heavy (non-hydrogen) atoms. The van der Waals surface area contributed by atoms with Gasteiger partial charge in [0.1, 0.15) is 0 Å². The molecular weight excluding hydrogens is 272 g/mol. The minimum Gasteiger partial charge on any atom is -0.294 e. The fourth-order valence-corrected chi connectivity index (χ4v) is 4.47. The maximum atomic E-state index is 12.0. The van der Waals surface area contributed by atoms with Crippen molar-refractivity contribution in [2.45, 2.75) is 35.3 Å². The van der Waals surface area contributed by atoms with Gasteiger partial charge in [0.2, 0.25) is 0 Å². The zero-order valence-corrected chi connectivity index (χ0v) is 10.7. The van der Waals surface area contributed by atoms with Crippen molar-refractivity contribution in [2.75, 3.05) is 0 Å². The maximum Gasteiger partial charge on any atom is 0.165 e. The van der Waals surface area contributed by atoms with Crippen molar-refractivity contribution in [1.82, 2.24) is 0 Å². The van der Waals surface area contributed by atoms with E-state index in [1.807, 2.05) is 23.9 Å². The number of carbonyl (C=O) groups is 1. The summed E-state index contributed by atoms with van der Waals surface area (Å²) in [7, 11) is 0. The Kier molecular flexibility index (Phi) is 2.22. The highest BCUT2D eigenvalue weighted by atomic mass is 79.9. The summed E-state index contributed by atoms with van der Waals surface area (Å²) in [5.41, 5.74) is 0.917. The number of rotatable bonds is 0. The van der Waals surface area contributed by atoms with Crippen LogP contribution >= 0.6 is 27.7 Å². The van der Waals surface area contributed by atoms with Gasteiger partial charge < -0.3 is 0 Å². The van der Waals surface area contributed by atoms with Gasteiger partial charge >= 0.3 is 0 Å². The molecule has 0 radical (unpaired) electrons. The van der Waals surface area contributed by atoms with Crippen molar-refractivity contribution in [2.24, 2.45) is 0 Å². The van der Waals surface area contributed by atoms with Crippen molar-refractivity contribution in [3.63, 3.8) is 0 Å². The number of ketones is 1. The fourth-order valence-electron chi connectivity index (χ4n) is 2.32. The van der Waals surface area contributed by atoms with Crippen LogP contribution in [0.5, 0.6) is 0 Å². The molecule has 1 nitrogen and oxygen atoms in total. The lowest BCUT2D eigenvalue weighted by Gasteiger charge is -2.43. The van der Waals surface area contributed by atoms with Gasteiger partial charge in [0.05, 0.1) is 0 Å². The predicted octanol–water partition coefficient (Wildman–Crippen LogP) is 4.05. The molecule has 3 rings (SSSR count). The molecule has 1 aliphatic heterocycles. The second-order valence-electron chi connectivity index (χ2n) is 4.38. The number of benzene rings is 1. The van der Waals surface area contributed by atoms with Crippen molar-refractivity contribution >= 4 is 33.5 Å². The smallest absolute Gasteiger partial charge is 0.165 e. The van der Waals surface area contributed by atoms with E-state index in [2.05, 4.69) is 22.0 Å². The Hall–Kier alpha value is -0.280. The van der Waals surface area contributed by atoms with Gasteiger partial charge in [0, 0.05) is 26.1 Å². The average molecular weight is 283 g/mol. The van der Waals surface area contributed by atoms with Crippen molar-refractivity contribution in [1.29, 1.82) is 0 Å². The van der Waals surface area contributed by atoms with Gasteiger partial charge in [-0.2, -0.15) is 0 Å². The van der Waals surface area contributed by atoms with Gasteiger partial charge in [0.25, 0.3) is 0 Å². The first-order valence-electron chi connectivity index (χ1n) is 5.20. The minimum atomic E-state index is 0.255. The molecule has 0 saturated heterocycles. The highest BCUT2D eigenvalue weighted by molar-refractivity contribution is 9.10. The maximum absolute atomic E-state index is 12.0. The molecule has 0 N–H and O–H groups in total. The molecular formula is C12H11BrOS. The molecule has 0 aromatic heterocycles. The Morgan fingerprint density at radius 1 is 1.33 bits per heavy atom. The third-order valence-electron chi connectivity index (χ3n) is 3.32. The van der Waals surface area contributed by atoms with Crippen LogP contribution in [0, 0.1) is 0 Å². The molecule has 2 aliphatic rings. The topological polar surface area (TPSA) is 17.1 Å². The normalized spacial score (nSPS) is 22.3. The van der Waals surface area contributed by atoms with Crippen LogP contribution in [-0.2, 0) is 0 Å². The van der Waals surface area contributed by atoms with Gasteiger partial charge in [-0.3, -0.25) is 4.79 Å². The molecule has 1 aromatic rings. The molecule has 0 bridgehead atoms. The van der Waals surface area contributed by atoms with Crippen LogP contribution < -0.4 is 0 Å². The van der Waals surface area contributed by atoms with Crippen LogP contribution in [0.25, 0.3) is 0 Å². The monoisotopic (exact) mass is 282 g/mol. The van der Waals surface area contributed by atoms with E-state index in [0.29, 0.717) is 5.78 Å². The largest absolute Gasteiger partial charge is 0.294 e. The molecule has 1 heterocycles. The molecule has 0 unspecified atom stereocenters. The van der Waals surface area contributed by atoms with E-state index < -0.39 is 0 Å². The van der Waals surface area contributed by atoms with Crippen LogP contribution in [0.1, 0.15) is 36.0 Å². The van der Waals surface area contributed by atoms with Crippen molar-refractivity contribution in [3.8, 4) is 0 Å². The number of Topliss-reactive ketones (excluding diaryl/α,β-unsaturated/α-hetero) is 1. The summed E-state index contributed by atoms with van der Waals surface area (Å²) >= 11 is 5.38. The Labute approximate surface area is 102 Å². The summed E-state index contributed by atoms with van der Waals surface area (Å²) in [6.45, 7) is 0. The van der Waals surface area contributed by atoms with E-state index in [1.54, 1.807) is 0 Å². The van der Waals surface area contributed by atoms with Gasteiger partial charge in [0.15, 0.2) is 5.78 Å². The molecule has 0 amide bonds.